The Kier molecular flexibility index (Phi) is 5.95. The van der Waals surface area contributed by atoms with Gasteiger partial charge in [-0.15, -0.1) is 0 Å². The molecule has 0 saturated heterocycles. The molecule has 2 aromatic carbocycles. The Morgan fingerprint density at radius 1 is 1.04 bits per heavy atom. The molecule has 0 aromatic heterocycles. The van der Waals surface area contributed by atoms with Gasteiger partial charge >= 0.3 is 5.97 Å². The molecule has 0 atom stereocenters. The van der Waals surface area contributed by atoms with Crippen molar-refractivity contribution in [3.8, 4) is 5.75 Å². The zero-order chi connectivity index (χ0) is 17.5. The lowest BCUT2D eigenvalue weighted by Crippen LogP contribution is -2.21. The van der Waals surface area contributed by atoms with Crippen molar-refractivity contribution in [2.45, 2.75) is 20.8 Å². The van der Waals surface area contributed by atoms with E-state index in [1.165, 1.54) is 0 Å². The number of hydrogen-bond donors (Lipinski definition) is 1. The van der Waals surface area contributed by atoms with Gasteiger partial charge in [0.25, 0.3) is 5.91 Å². The lowest BCUT2D eigenvalue weighted by atomic mass is 10.1. The van der Waals surface area contributed by atoms with Gasteiger partial charge in [0.1, 0.15) is 11.3 Å². The van der Waals surface area contributed by atoms with Crippen molar-refractivity contribution in [1.82, 2.24) is 0 Å². The molecule has 0 saturated carbocycles. The summed E-state index contributed by atoms with van der Waals surface area (Å²) in [6.45, 7) is 5.82. The fraction of sp³-hybridized carbons (Fsp3) is 0.263. The van der Waals surface area contributed by atoms with Gasteiger partial charge in [0.05, 0.1) is 6.61 Å². The first-order chi connectivity index (χ1) is 11.5. The van der Waals surface area contributed by atoms with Crippen LogP contribution in [-0.2, 0) is 9.53 Å². The molecule has 0 spiro atoms. The summed E-state index contributed by atoms with van der Waals surface area (Å²) in [5, 5.41) is 2.77. The van der Waals surface area contributed by atoms with Crippen LogP contribution in [0.25, 0.3) is 0 Å². The highest BCUT2D eigenvalue weighted by molar-refractivity contribution is 5.94. The molecule has 126 valence electrons. The lowest BCUT2D eigenvalue weighted by Gasteiger charge is -2.11. The van der Waals surface area contributed by atoms with E-state index in [2.05, 4.69) is 5.32 Å². The van der Waals surface area contributed by atoms with Crippen LogP contribution in [0.15, 0.2) is 42.5 Å². The molecule has 1 N–H and O–H groups in total. The van der Waals surface area contributed by atoms with Crippen LogP contribution in [-0.4, -0.2) is 25.1 Å². The second-order valence-electron chi connectivity index (χ2n) is 5.35. The van der Waals surface area contributed by atoms with E-state index in [4.69, 9.17) is 9.47 Å². The van der Waals surface area contributed by atoms with Crippen LogP contribution in [0.3, 0.4) is 0 Å². The van der Waals surface area contributed by atoms with Crippen molar-refractivity contribution in [1.29, 1.82) is 0 Å². The molecule has 0 heterocycles. The highest BCUT2D eigenvalue weighted by Gasteiger charge is 2.14. The molecule has 2 aromatic rings. The number of aryl methyl sites for hydroxylation is 2. The van der Waals surface area contributed by atoms with Crippen LogP contribution < -0.4 is 10.1 Å². The van der Waals surface area contributed by atoms with Crippen molar-refractivity contribution in [2.24, 2.45) is 0 Å². The molecule has 1 amide bonds. The van der Waals surface area contributed by atoms with Gasteiger partial charge in [-0.25, -0.2) is 4.79 Å². The molecule has 2 rings (SSSR count). The van der Waals surface area contributed by atoms with E-state index in [0.29, 0.717) is 17.0 Å². The third-order valence-corrected chi connectivity index (χ3v) is 3.53. The molecule has 0 aliphatic carbocycles. The van der Waals surface area contributed by atoms with E-state index in [0.717, 1.165) is 11.1 Å². The lowest BCUT2D eigenvalue weighted by molar-refractivity contribution is -0.118. The molecular formula is C19H21NO4. The van der Waals surface area contributed by atoms with Crippen molar-refractivity contribution in [3.63, 3.8) is 0 Å². The number of amides is 1. The highest BCUT2D eigenvalue weighted by atomic mass is 16.5. The summed E-state index contributed by atoms with van der Waals surface area (Å²) in [4.78, 5) is 23.9. The number of rotatable bonds is 6. The molecule has 0 bridgehead atoms. The number of ether oxygens (including phenoxy) is 2. The van der Waals surface area contributed by atoms with Crippen LogP contribution in [0.1, 0.15) is 28.4 Å². The minimum atomic E-state index is -0.470. The average molecular weight is 327 g/mol. The van der Waals surface area contributed by atoms with Crippen molar-refractivity contribution in [3.05, 3.63) is 59.2 Å². The first-order valence-electron chi connectivity index (χ1n) is 7.77. The van der Waals surface area contributed by atoms with Crippen LogP contribution in [0.2, 0.25) is 0 Å². The molecule has 5 heteroatoms. The Morgan fingerprint density at radius 2 is 1.79 bits per heavy atom. The minimum absolute atomic E-state index is 0.191. The summed E-state index contributed by atoms with van der Waals surface area (Å²) in [5.41, 5.74) is 3.28. The number of esters is 1. The molecule has 0 fully saturated rings. The van der Waals surface area contributed by atoms with Gasteiger partial charge in [-0.1, -0.05) is 18.2 Å². The predicted molar refractivity (Wildman–Crippen MR) is 92.4 cm³/mol. The number of hydrogen-bond acceptors (Lipinski definition) is 4. The van der Waals surface area contributed by atoms with E-state index >= 15 is 0 Å². The Morgan fingerprint density at radius 3 is 2.50 bits per heavy atom. The number of anilines is 1. The summed E-state index contributed by atoms with van der Waals surface area (Å²) >= 11 is 0. The van der Waals surface area contributed by atoms with Crippen LogP contribution >= 0.6 is 0 Å². The van der Waals surface area contributed by atoms with E-state index in [-0.39, 0.29) is 19.1 Å². The quantitative estimate of drug-likeness (QED) is 0.825. The Bertz CT molecular complexity index is 740. The largest absolute Gasteiger partial charge is 0.483 e. The third kappa shape index (κ3) is 4.59. The van der Waals surface area contributed by atoms with Gasteiger partial charge in [0, 0.05) is 5.69 Å². The topological polar surface area (TPSA) is 64.6 Å². The summed E-state index contributed by atoms with van der Waals surface area (Å²) in [7, 11) is 0. The van der Waals surface area contributed by atoms with Crippen LogP contribution in [0.5, 0.6) is 5.75 Å². The second kappa shape index (κ2) is 8.15. The molecule has 0 aliphatic heterocycles. The number of carbonyl (C=O) groups is 2. The first kappa shape index (κ1) is 17.5. The first-order valence-corrected chi connectivity index (χ1v) is 7.77. The van der Waals surface area contributed by atoms with Crippen molar-refractivity contribution < 1.29 is 19.1 Å². The summed E-state index contributed by atoms with van der Waals surface area (Å²) in [6, 6.07) is 12.4. The maximum absolute atomic E-state index is 12.0. The average Bonchev–Trinajstić information content (AvgIpc) is 2.57. The number of para-hydroxylation sites is 1. The van der Waals surface area contributed by atoms with Gasteiger partial charge in [-0.2, -0.15) is 0 Å². The predicted octanol–water partition coefficient (Wildman–Crippen LogP) is 3.50. The number of carbonyl (C=O) groups excluding carboxylic acids is 2. The van der Waals surface area contributed by atoms with Gasteiger partial charge in [-0.3, -0.25) is 4.79 Å². The zero-order valence-corrected chi connectivity index (χ0v) is 14.1. The summed E-state index contributed by atoms with van der Waals surface area (Å²) in [5.74, 6) is -0.439. The van der Waals surface area contributed by atoms with Gasteiger partial charge < -0.3 is 14.8 Å². The van der Waals surface area contributed by atoms with Gasteiger partial charge in [0.2, 0.25) is 0 Å². The number of nitrogens with one attached hydrogen (secondary N) is 1. The monoisotopic (exact) mass is 327 g/mol. The molecule has 0 radical (unpaired) electrons. The molecule has 0 aliphatic rings. The third-order valence-electron chi connectivity index (χ3n) is 3.53. The fourth-order valence-electron chi connectivity index (χ4n) is 2.13. The van der Waals surface area contributed by atoms with E-state index < -0.39 is 5.97 Å². The second-order valence-corrected chi connectivity index (χ2v) is 5.35. The van der Waals surface area contributed by atoms with Crippen LogP contribution in [0.4, 0.5) is 5.69 Å². The molecule has 24 heavy (non-hydrogen) atoms. The van der Waals surface area contributed by atoms with E-state index in [1.54, 1.807) is 31.2 Å². The molecule has 0 unspecified atom stereocenters. The van der Waals surface area contributed by atoms with E-state index in [9.17, 15) is 9.59 Å². The highest BCUT2D eigenvalue weighted by Crippen LogP contribution is 2.19. The summed E-state index contributed by atoms with van der Waals surface area (Å²) in [6.07, 6.45) is 0. The Labute approximate surface area is 141 Å². The van der Waals surface area contributed by atoms with Gasteiger partial charge in [-0.05, 0) is 56.2 Å². The Balaban J connectivity index is 1.99. The summed E-state index contributed by atoms with van der Waals surface area (Å²) < 4.78 is 10.5. The van der Waals surface area contributed by atoms with Crippen LogP contribution in [0, 0.1) is 13.8 Å². The van der Waals surface area contributed by atoms with E-state index in [1.807, 2.05) is 32.0 Å². The Hall–Kier alpha value is -2.82. The van der Waals surface area contributed by atoms with Crippen molar-refractivity contribution in [2.75, 3.05) is 18.5 Å². The maximum atomic E-state index is 12.0. The van der Waals surface area contributed by atoms with Crippen molar-refractivity contribution >= 4 is 17.6 Å². The fourth-order valence-corrected chi connectivity index (χ4v) is 2.13. The standard InChI is InChI=1S/C19H21NO4/c1-4-23-19(22)16-7-5-6-8-17(16)24-12-18(21)20-15-10-9-13(2)14(3)11-15/h5-11H,4,12H2,1-3H3,(H,20,21). The van der Waals surface area contributed by atoms with Gasteiger partial charge in [0.15, 0.2) is 6.61 Å². The number of benzene rings is 2. The maximum Gasteiger partial charge on any atom is 0.341 e. The zero-order valence-electron chi connectivity index (χ0n) is 14.1. The molecular weight excluding hydrogens is 306 g/mol. The molecule has 5 nitrogen and oxygen atoms in total. The SMILES string of the molecule is CCOC(=O)c1ccccc1OCC(=O)Nc1ccc(C)c(C)c1. The normalized spacial score (nSPS) is 10.1. The smallest absolute Gasteiger partial charge is 0.341 e. The minimum Gasteiger partial charge on any atom is -0.483 e.